The molecule has 0 saturated carbocycles. The lowest BCUT2D eigenvalue weighted by Crippen LogP contribution is -2.50. The molecular formula is C24H25FN2O3S. The predicted octanol–water partition coefficient (Wildman–Crippen LogP) is 4.28. The molecule has 0 aliphatic carbocycles. The minimum absolute atomic E-state index is 0.150. The van der Waals surface area contributed by atoms with Crippen LogP contribution in [0.15, 0.2) is 84.9 Å². The number of sulfonamides is 1. The Labute approximate surface area is 182 Å². The monoisotopic (exact) mass is 440 g/mol. The van der Waals surface area contributed by atoms with Crippen LogP contribution in [0.2, 0.25) is 0 Å². The molecule has 0 aliphatic heterocycles. The van der Waals surface area contributed by atoms with E-state index in [4.69, 9.17) is 0 Å². The number of nitrogens with zero attached hydrogens (tertiary/aromatic N) is 1. The summed E-state index contributed by atoms with van der Waals surface area (Å²) in [5.74, 6) is -1.21. The zero-order valence-electron chi connectivity index (χ0n) is 17.4. The Morgan fingerprint density at radius 2 is 1.39 bits per heavy atom. The Kier molecular flexibility index (Phi) is 7.07. The zero-order chi connectivity index (χ0) is 22.4. The van der Waals surface area contributed by atoms with E-state index in [1.165, 1.54) is 24.3 Å². The van der Waals surface area contributed by atoms with Crippen molar-refractivity contribution in [3.05, 3.63) is 102 Å². The molecule has 0 spiro atoms. The number of halogens is 1. The third-order valence-corrected chi connectivity index (χ3v) is 6.14. The van der Waals surface area contributed by atoms with Crippen molar-refractivity contribution in [3.63, 3.8) is 0 Å². The summed E-state index contributed by atoms with van der Waals surface area (Å²) in [6.45, 7) is 1.70. The van der Waals surface area contributed by atoms with E-state index >= 15 is 0 Å². The van der Waals surface area contributed by atoms with Crippen LogP contribution in [0.4, 0.5) is 10.1 Å². The van der Waals surface area contributed by atoms with E-state index in [0.29, 0.717) is 0 Å². The smallest absolute Gasteiger partial charge is 0.244 e. The third kappa shape index (κ3) is 5.30. The van der Waals surface area contributed by atoms with Gasteiger partial charge in [-0.3, -0.25) is 9.10 Å². The number of anilines is 1. The number of rotatable bonds is 8. The molecule has 5 nitrogen and oxygen atoms in total. The van der Waals surface area contributed by atoms with Gasteiger partial charge in [-0.05, 0) is 29.7 Å². The maximum Gasteiger partial charge on any atom is 0.244 e. The van der Waals surface area contributed by atoms with Crippen molar-refractivity contribution < 1.29 is 17.6 Å². The summed E-state index contributed by atoms with van der Waals surface area (Å²) in [5, 5.41) is 2.97. The highest BCUT2D eigenvalue weighted by Crippen LogP contribution is 2.27. The molecule has 3 aromatic carbocycles. The van der Waals surface area contributed by atoms with Crippen LogP contribution in [0.3, 0.4) is 0 Å². The Bertz CT molecular complexity index is 1080. The molecule has 0 aliphatic rings. The van der Waals surface area contributed by atoms with Gasteiger partial charge in [0.25, 0.3) is 0 Å². The maximum atomic E-state index is 14.5. The molecule has 0 saturated heterocycles. The number of nitrogens with one attached hydrogen (secondary N) is 1. The van der Waals surface area contributed by atoms with Crippen molar-refractivity contribution in [2.24, 2.45) is 0 Å². The summed E-state index contributed by atoms with van der Waals surface area (Å²) in [6.07, 6.45) is 1.14. The van der Waals surface area contributed by atoms with Crippen LogP contribution in [-0.2, 0) is 14.8 Å². The summed E-state index contributed by atoms with van der Waals surface area (Å²) < 4.78 is 40.5. The molecule has 1 amide bonds. The van der Waals surface area contributed by atoms with Crippen LogP contribution in [0.1, 0.15) is 30.5 Å². The summed E-state index contributed by atoms with van der Waals surface area (Å²) in [4.78, 5) is 13.4. The molecular weight excluding hydrogens is 415 g/mol. The van der Waals surface area contributed by atoms with Gasteiger partial charge >= 0.3 is 0 Å². The van der Waals surface area contributed by atoms with Gasteiger partial charge in [-0.15, -0.1) is 0 Å². The molecule has 162 valence electrons. The van der Waals surface area contributed by atoms with Gasteiger partial charge in [0.2, 0.25) is 15.9 Å². The van der Waals surface area contributed by atoms with Crippen LogP contribution >= 0.6 is 0 Å². The molecule has 0 aromatic heterocycles. The lowest BCUT2D eigenvalue weighted by Gasteiger charge is -2.32. The van der Waals surface area contributed by atoms with Crippen LogP contribution in [-0.4, -0.2) is 26.6 Å². The second kappa shape index (κ2) is 9.75. The fourth-order valence-electron chi connectivity index (χ4n) is 3.55. The molecule has 1 N–H and O–H groups in total. The Morgan fingerprint density at radius 1 is 0.903 bits per heavy atom. The molecule has 31 heavy (non-hydrogen) atoms. The normalized spacial score (nSPS) is 12.4. The largest absolute Gasteiger partial charge is 0.343 e. The number of benzene rings is 3. The average molecular weight is 441 g/mol. The summed E-state index contributed by atoms with van der Waals surface area (Å²) >= 11 is 0. The van der Waals surface area contributed by atoms with E-state index in [0.717, 1.165) is 21.7 Å². The molecule has 0 radical (unpaired) electrons. The highest BCUT2D eigenvalue weighted by Gasteiger charge is 2.34. The average Bonchev–Trinajstić information content (AvgIpc) is 2.76. The lowest BCUT2D eigenvalue weighted by molar-refractivity contribution is -0.122. The molecule has 0 unspecified atom stereocenters. The van der Waals surface area contributed by atoms with Gasteiger partial charge in [0, 0.05) is 0 Å². The first-order valence-electron chi connectivity index (χ1n) is 9.97. The Balaban J connectivity index is 2.00. The first kappa shape index (κ1) is 22.5. The maximum absolute atomic E-state index is 14.5. The van der Waals surface area contributed by atoms with E-state index in [2.05, 4.69) is 5.32 Å². The first-order chi connectivity index (χ1) is 14.8. The van der Waals surface area contributed by atoms with E-state index in [1.807, 2.05) is 60.7 Å². The van der Waals surface area contributed by atoms with Crippen LogP contribution in [0, 0.1) is 5.82 Å². The topological polar surface area (TPSA) is 66.5 Å². The highest BCUT2D eigenvalue weighted by molar-refractivity contribution is 7.92. The first-order valence-corrected chi connectivity index (χ1v) is 11.8. The molecule has 0 bridgehead atoms. The van der Waals surface area contributed by atoms with Gasteiger partial charge in [0.05, 0.1) is 18.0 Å². The van der Waals surface area contributed by atoms with Crippen LogP contribution in [0.25, 0.3) is 0 Å². The predicted molar refractivity (Wildman–Crippen MR) is 121 cm³/mol. The van der Waals surface area contributed by atoms with Gasteiger partial charge in [-0.1, -0.05) is 79.7 Å². The highest BCUT2D eigenvalue weighted by atomic mass is 32.2. The Morgan fingerprint density at radius 3 is 1.84 bits per heavy atom. The minimum atomic E-state index is -3.93. The van der Waals surface area contributed by atoms with Crippen molar-refractivity contribution in [2.75, 3.05) is 10.6 Å². The molecule has 0 fully saturated rings. The second-order valence-electron chi connectivity index (χ2n) is 7.20. The molecule has 7 heteroatoms. The van der Waals surface area contributed by atoms with Crippen LogP contribution < -0.4 is 9.62 Å². The molecule has 3 rings (SSSR count). The lowest BCUT2D eigenvalue weighted by atomic mass is 9.98. The third-order valence-electron chi connectivity index (χ3n) is 4.97. The van der Waals surface area contributed by atoms with Gasteiger partial charge in [0.15, 0.2) is 0 Å². The summed E-state index contributed by atoms with van der Waals surface area (Å²) in [7, 11) is -3.93. The number of carbonyl (C=O) groups excluding carboxylic acids is 1. The quantitative estimate of drug-likeness (QED) is 0.569. The van der Waals surface area contributed by atoms with Gasteiger partial charge in [-0.2, -0.15) is 0 Å². The number of carbonyl (C=O) groups is 1. The van der Waals surface area contributed by atoms with E-state index < -0.39 is 33.8 Å². The van der Waals surface area contributed by atoms with E-state index in [1.54, 1.807) is 6.92 Å². The van der Waals surface area contributed by atoms with Crippen LogP contribution in [0.5, 0.6) is 0 Å². The molecule has 3 aromatic rings. The van der Waals surface area contributed by atoms with Crippen molar-refractivity contribution in [3.8, 4) is 0 Å². The zero-order valence-corrected chi connectivity index (χ0v) is 18.2. The van der Waals surface area contributed by atoms with Crippen molar-refractivity contribution >= 4 is 21.6 Å². The number of para-hydroxylation sites is 1. The van der Waals surface area contributed by atoms with Crippen molar-refractivity contribution in [1.82, 2.24) is 5.32 Å². The summed E-state index contributed by atoms with van der Waals surface area (Å²) in [6, 6.07) is 22.8. The number of amides is 1. The standard InChI is InChI=1S/C24H25FN2O3S/c1-3-21(27(31(2,29)30)22-17-11-10-16-20(22)25)24(28)26-23(18-12-6-4-7-13-18)19-14-8-5-9-15-19/h4-17,21,23H,3H2,1-2H3,(H,26,28)/t21-/m1/s1. The number of hydrogen-bond donors (Lipinski definition) is 1. The second-order valence-corrected chi connectivity index (χ2v) is 9.06. The van der Waals surface area contributed by atoms with Crippen molar-refractivity contribution in [1.29, 1.82) is 0 Å². The molecule has 1 atom stereocenters. The van der Waals surface area contributed by atoms with Gasteiger partial charge in [-0.25, -0.2) is 12.8 Å². The van der Waals surface area contributed by atoms with E-state index in [-0.39, 0.29) is 12.1 Å². The van der Waals surface area contributed by atoms with Gasteiger partial charge in [0.1, 0.15) is 11.9 Å². The van der Waals surface area contributed by atoms with Crippen molar-refractivity contribution in [2.45, 2.75) is 25.4 Å². The van der Waals surface area contributed by atoms with E-state index in [9.17, 15) is 17.6 Å². The number of hydrogen-bond acceptors (Lipinski definition) is 3. The minimum Gasteiger partial charge on any atom is -0.343 e. The van der Waals surface area contributed by atoms with Gasteiger partial charge < -0.3 is 5.32 Å². The Hall–Kier alpha value is -3.19. The summed E-state index contributed by atoms with van der Waals surface area (Å²) in [5.41, 5.74) is 1.56. The molecule has 0 heterocycles. The fourth-order valence-corrected chi connectivity index (χ4v) is 4.77. The SMILES string of the molecule is CC[C@H](C(=O)NC(c1ccccc1)c1ccccc1)N(c1ccccc1F)S(C)(=O)=O. The fraction of sp³-hybridized carbons (Fsp3) is 0.208.